The molecule has 0 spiro atoms. The maximum atomic E-state index is 12.5. The maximum absolute atomic E-state index is 12.5. The SMILES string of the molecule is O=C1C[C@H]([NH2+]Cc2ccccc2)C(=O)N1c1ccc(Cl)cc1. The third kappa shape index (κ3) is 3.03. The molecular weight excluding hydrogens is 300 g/mol. The fourth-order valence-corrected chi connectivity index (χ4v) is 2.72. The number of imide groups is 1. The molecule has 0 saturated carbocycles. The minimum absolute atomic E-state index is 0.164. The van der Waals surface area contributed by atoms with E-state index >= 15 is 0 Å². The van der Waals surface area contributed by atoms with Crippen molar-refractivity contribution in [3.63, 3.8) is 0 Å². The molecule has 1 saturated heterocycles. The lowest BCUT2D eigenvalue weighted by atomic mass is 10.2. The first-order valence-electron chi connectivity index (χ1n) is 7.15. The van der Waals surface area contributed by atoms with Crippen molar-refractivity contribution in [3.8, 4) is 0 Å². The molecular formula is C17H16ClN2O2+. The Balaban J connectivity index is 1.70. The van der Waals surface area contributed by atoms with Gasteiger partial charge in [-0.15, -0.1) is 0 Å². The summed E-state index contributed by atoms with van der Waals surface area (Å²) in [5.41, 5.74) is 1.71. The van der Waals surface area contributed by atoms with Crippen LogP contribution in [0.15, 0.2) is 54.6 Å². The molecule has 0 unspecified atom stereocenters. The Kier molecular flexibility index (Phi) is 4.22. The fourth-order valence-electron chi connectivity index (χ4n) is 2.59. The van der Waals surface area contributed by atoms with E-state index < -0.39 is 0 Å². The number of rotatable bonds is 4. The van der Waals surface area contributed by atoms with Crippen LogP contribution in [0.4, 0.5) is 5.69 Å². The number of nitrogens with zero attached hydrogens (tertiary/aromatic N) is 1. The van der Waals surface area contributed by atoms with Crippen LogP contribution in [0, 0.1) is 0 Å². The van der Waals surface area contributed by atoms with Gasteiger partial charge < -0.3 is 5.32 Å². The lowest BCUT2D eigenvalue weighted by molar-refractivity contribution is -0.690. The molecule has 5 heteroatoms. The average Bonchev–Trinajstić information content (AvgIpc) is 2.82. The van der Waals surface area contributed by atoms with Crippen LogP contribution in [0.25, 0.3) is 0 Å². The zero-order valence-corrected chi connectivity index (χ0v) is 12.7. The molecule has 4 nitrogen and oxygen atoms in total. The van der Waals surface area contributed by atoms with Crippen LogP contribution in [-0.4, -0.2) is 17.9 Å². The summed E-state index contributed by atoms with van der Waals surface area (Å²) in [4.78, 5) is 25.9. The van der Waals surface area contributed by atoms with Gasteiger partial charge in [0.1, 0.15) is 6.54 Å². The van der Waals surface area contributed by atoms with Gasteiger partial charge in [0, 0.05) is 10.6 Å². The number of benzene rings is 2. The van der Waals surface area contributed by atoms with E-state index in [1.54, 1.807) is 24.3 Å². The minimum Gasteiger partial charge on any atom is -0.332 e. The van der Waals surface area contributed by atoms with Gasteiger partial charge in [-0.05, 0) is 24.3 Å². The molecule has 0 bridgehead atoms. The Labute approximate surface area is 133 Å². The van der Waals surface area contributed by atoms with Gasteiger partial charge in [-0.1, -0.05) is 41.9 Å². The second-order valence-electron chi connectivity index (χ2n) is 5.28. The minimum atomic E-state index is -0.358. The molecule has 1 aliphatic heterocycles. The van der Waals surface area contributed by atoms with Crippen LogP contribution >= 0.6 is 11.6 Å². The Morgan fingerprint density at radius 2 is 1.73 bits per heavy atom. The highest BCUT2D eigenvalue weighted by atomic mass is 35.5. The second kappa shape index (κ2) is 6.30. The maximum Gasteiger partial charge on any atom is 0.292 e. The van der Waals surface area contributed by atoms with Gasteiger partial charge >= 0.3 is 0 Å². The predicted octanol–water partition coefficient (Wildman–Crippen LogP) is 1.74. The molecule has 1 fully saturated rings. The van der Waals surface area contributed by atoms with E-state index in [4.69, 9.17) is 11.6 Å². The third-order valence-corrected chi connectivity index (χ3v) is 4.00. The molecule has 2 aromatic rings. The van der Waals surface area contributed by atoms with Gasteiger partial charge in [0.15, 0.2) is 6.04 Å². The van der Waals surface area contributed by atoms with Crippen LogP contribution < -0.4 is 10.2 Å². The predicted molar refractivity (Wildman–Crippen MR) is 84.4 cm³/mol. The van der Waals surface area contributed by atoms with Crippen LogP contribution in [0.3, 0.4) is 0 Å². The van der Waals surface area contributed by atoms with Crippen molar-refractivity contribution in [1.82, 2.24) is 0 Å². The summed E-state index contributed by atoms with van der Waals surface area (Å²) in [6.45, 7) is 0.680. The van der Waals surface area contributed by atoms with Crippen LogP contribution in [0.1, 0.15) is 12.0 Å². The molecule has 112 valence electrons. The standard InChI is InChI=1S/C17H15ClN2O2/c18-13-6-8-14(9-7-13)20-16(21)10-15(17(20)22)19-11-12-4-2-1-3-5-12/h1-9,15,19H,10-11H2/p+1/t15-/m0/s1. The molecule has 0 radical (unpaired) electrons. The van der Waals surface area contributed by atoms with Crippen molar-refractivity contribution in [1.29, 1.82) is 0 Å². The third-order valence-electron chi connectivity index (χ3n) is 3.75. The van der Waals surface area contributed by atoms with E-state index in [-0.39, 0.29) is 24.3 Å². The summed E-state index contributed by atoms with van der Waals surface area (Å²) >= 11 is 5.84. The van der Waals surface area contributed by atoms with Crippen LogP contribution in [0.5, 0.6) is 0 Å². The quantitative estimate of drug-likeness (QED) is 0.874. The number of carbonyl (C=O) groups excluding carboxylic acids is 2. The summed E-state index contributed by atoms with van der Waals surface area (Å²) < 4.78 is 0. The summed E-state index contributed by atoms with van der Waals surface area (Å²) in [5.74, 6) is -0.329. The molecule has 1 aliphatic rings. The first-order valence-corrected chi connectivity index (χ1v) is 7.52. The highest BCUT2D eigenvalue weighted by molar-refractivity contribution is 6.30. The van der Waals surface area contributed by atoms with E-state index in [2.05, 4.69) is 0 Å². The fraction of sp³-hybridized carbons (Fsp3) is 0.176. The molecule has 1 heterocycles. The van der Waals surface area contributed by atoms with Crippen molar-refractivity contribution in [2.24, 2.45) is 0 Å². The number of anilines is 1. The van der Waals surface area contributed by atoms with Gasteiger partial charge in [-0.25, -0.2) is 4.90 Å². The Morgan fingerprint density at radius 1 is 1.05 bits per heavy atom. The van der Waals surface area contributed by atoms with Gasteiger partial charge in [-0.3, -0.25) is 9.59 Å². The zero-order chi connectivity index (χ0) is 15.5. The lowest BCUT2D eigenvalue weighted by Crippen LogP contribution is -2.90. The Bertz CT molecular complexity index is 686. The molecule has 0 aliphatic carbocycles. The number of hydrogen-bond acceptors (Lipinski definition) is 2. The molecule has 3 rings (SSSR count). The molecule has 2 aromatic carbocycles. The van der Waals surface area contributed by atoms with Crippen molar-refractivity contribution >= 4 is 29.1 Å². The van der Waals surface area contributed by atoms with Crippen molar-refractivity contribution in [2.45, 2.75) is 19.0 Å². The van der Waals surface area contributed by atoms with Gasteiger partial charge in [-0.2, -0.15) is 0 Å². The second-order valence-corrected chi connectivity index (χ2v) is 5.72. The van der Waals surface area contributed by atoms with Gasteiger partial charge in [0.05, 0.1) is 12.1 Å². The topological polar surface area (TPSA) is 54.0 Å². The van der Waals surface area contributed by atoms with E-state index in [0.29, 0.717) is 17.3 Å². The largest absolute Gasteiger partial charge is 0.332 e. The normalized spacial score (nSPS) is 18.0. The first kappa shape index (κ1) is 14.8. The highest BCUT2D eigenvalue weighted by Crippen LogP contribution is 2.23. The molecule has 2 amide bonds. The number of halogens is 1. The first-order chi connectivity index (χ1) is 10.6. The van der Waals surface area contributed by atoms with Crippen LogP contribution in [-0.2, 0) is 16.1 Å². The average molecular weight is 316 g/mol. The number of quaternary nitrogens is 1. The number of amides is 2. The van der Waals surface area contributed by atoms with Crippen LogP contribution in [0.2, 0.25) is 5.02 Å². The zero-order valence-electron chi connectivity index (χ0n) is 11.9. The smallest absolute Gasteiger partial charge is 0.292 e. The monoisotopic (exact) mass is 315 g/mol. The van der Waals surface area contributed by atoms with E-state index in [9.17, 15) is 9.59 Å². The van der Waals surface area contributed by atoms with E-state index in [0.717, 1.165) is 5.56 Å². The van der Waals surface area contributed by atoms with Gasteiger partial charge in [0.25, 0.3) is 5.91 Å². The summed E-state index contributed by atoms with van der Waals surface area (Å²) in [6.07, 6.45) is 0.230. The van der Waals surface area contributed by atoms with E-state index in [1.165, 1.54) is 4.90 Å². The van der Waals surface area contributed by atoms with E-state index in [1.807, 2.05) is 35.6 Å². The number of carbonyl (C=O) groups is 2. The summed E-state index contributed by atoms with van der Waals surface area (Å²) in [5, 5.41) is 2.50. The number of hydrogen-bond donors (Lipinski definition) is 1. The highest BCUT2D eigenvalue weighted by Gasteiger charge is 2.42. The molecule has 2 N–H and O–H groups in total. The molecule has 0 aromatic heterocycles. The van der Waals surface area contributed by atoms with Crippen molar-refractivity contribution in [2.75, 3.05) is 4.90 Å². The number of nitrogens with two attached hydrogens (primary N) is 1. The van der Waals surface area contributed by atoms with Crippen molar-refractivity contribution < 1.29 is 14.9 Å². The Hall–Kier alpha value is -2.17. The molecule has 1 atom stereocenters. The Morgan fingerprint density at radius 3 is 2.41 bits per heavy atom. The van der Waals surface area contributed by atoms with Gasteiger partial charge in [0.2, 0.25) is 5.91 Å². The van der Waals surface area contributed by atoms with Crippen molar-refractivity contribution in [3.05, 3.63) is 65.2 Å². The molecule has 22 heavy (non-hydrogen) atoms. The summed E-state index contributed by atoms with van der Waals surface area (Å²) in [7, 11) is 0. The lowest BCUT2D eigenvalue weighted by Gasteiger charge is -2.14. The summed E-state index contributed by atoms with van der Waals surface area (Å²) in [6, 6.07) is 16.3.